The maximum absolute atomic E-state index is 11.9. The molecule has 1 aromatic rings. The first kappa shape index (κ1) is 16.3. The molecule has 110 valence electrons. The van der Waals surface area contributed by atoms with Crippen LogP contribution in [0.15, 0.2) is 18.2 Å². The molecule has 5 nitrogen and oxygen atoms in total. The number of nitrogens with one attached hydrogen (secondary N) is 2. The Morgan fingerprint density at radius 2 is 1.95 bits per heavy atom. The number of rotatable bonds is 4. The number of carbonyl (C=O) groups excluding carboxylic acids is 2. The molecule has 0 saturated carbocycles. The van der Waals surface area contributed by atoms with Gasteiger partial charge < -0.3 is 16.4 Å². The van der Waals surface area contributed by atoms with E-state index in [0.29, 0.717) is 16.3 Å². The number of nitrogens with two attached hydrogens (primary N) is 1. The standard InChI is InChI=1S/C14H20ClN3O2/c1-14(2,3)18-12(19)6-7-17-13(20)10-8-9(15)4-5-11(10)16/h4-5,8H,6-7,16H2,1-3H3,(H,17,20)(H,18,19). The van der Waals surface area contributed by atoms with E-state index < -0.39 is 0 Å². The van der Waals surface area contributed by atoms with Crippen LogP contribution in [0.4, 0.5) is 5.69 Å². The van der Waals surface area contributed by atoms with E-state index in [1.165, 1.54) is 6.07 Å². The van der Waals surface area contributed by atoms with Crippen molar-refractivity contribution in [3.05, 3.63) is 28.8 Å². The first-order valence-corrected chi connectivity index (χ1v) is 6.71. The number of nitrogen functional groups attached to an aromatic ring is 1. The minimum Gasteiger partial charge on any atom is -0.398 e. The molecule has 0 heterocycles. The third-order valence-electron chi connectivity index (χ3n) is 2.41. The minimum absolute atomic E-state index is 0.114. The molecule has 4 N–H and O–H groups in total. The number of anilines is 1. The van der Waals surface area contributed by atoms with Crippen molar-refractivity contribution in [3.63, 3.8) is 0 Å². The predicted octanol–water partition coefficient (Wildman–Crippen LogP) is 1.96. The molecule has 1 aromatic carbocycles. The predicted molar refractivity (Wildman–Crippen MR) is 80.7 cm³/mol. The average Bonchev–Trinajstić information content (AvgIpc) is 2.29. The zero-order chi connectivity index (χ0) is 15.3. The molecule has 6 heteroatoms. The summed E-state index contributed by atoms with van der Waals surface area (Å²) in [6.45, 7) is 5.94. The molecule has 0 atom stereocenters. The van der Waals surface area contributed by atoms with Crippen LogP contribution >= 0.6 is 11.6 Å². The van der Waals surface area contributed by atoms with Crippen molar-refractivity contribution in [2.24, 2.45) is 0 Å². The summed E-state index contributed by atoms with van der Waals surface area (Å²) in [5, 5.41) is 5.90. The molecule has 20 heavy (non-hydrogen) atoms. The largest absolute Gasteiger partial charge is 0.398 e. The molecule has 0 spiro atoms. The number of amides is 2. The number of halogens is 1. The molecule has 0 aliphatic heterocycles. The fourth-order valence-corrected chi connectivity index (χ4v) is 1.76. The molecule has 1 rings (SSSR count). The highest BCUT2D eigenvalue weighted by Gasteiger charge is 2.14. The van der Waals surface area contributed by atoms with Crippen LogP contribution < -0.4 is 16.4 Å². The van der Waals surface area contributed by atoms with Gasteiger partial charge in [-0.2, -0.15) is 0 Å². The fraction of sp³-hybridized carbons (Fsp3) is 0.429. The van der Waals surface area contributed by atoms with Crippen molar-refractivity contribution in [1.29, 1.82) is 0 Å². The Balaban J connectivity index is 2.48. The summed E-state index contributed by atoms with van der Waals surface area (Å²) in [7, 11) is 0. The van der Waals surface area contributed by atoms with Crippen molar-refractivity contribution < 1.29 is 9.59 Å². The van der Waals surface area contributed by atoms with E-state index in [2.05, 4.69) is 10.6 Å². The van der Waals surface area contributed by atoms with Crippen LogP contribution in [0.3, 0.4) is 0 Å². The zero-order valence-corrected chi connectivity index (χ0v) is 12.7. The van der Waals surface area contributed by atoms with Gasteiger partial charge in [-0.1, -0.05) is 11.6 Å². The number of benzene rings is 1. The third kappa shape index (κ3) is 5.48. The second-order valence-electron chi connectivity index (χ2n) is 5.54. The van der Waals surface area contributed by atoms with Crippen LogP contribution in [-0.2, 0) is 4.79 Å². The van der Waals surface area contributed by atoms with Crippen LogP contribution in [-0.4, -0.2) is 23.9 Å². The molecule has 2 amide bonds. The Labute approximate surface area is 123 Å². The van der Waals surface area contributed by atoms with Gasteiger partial charge in [0.2, 0.25) is 5.91 Å². The van der Waals surface area contributed by atoms with Crippen molar-refractivity contribution in [3.8, 4) is 0 Å². The van der Waals surface area contributed by atoms with Gasteiger partial charge >= 0.3 is 0 Å². The van der Waals surface area contributed by atoms with E-state index in [9.17, 15) is 9.59 Å². The summed E-state index contributed by atoms with van der Waals surface area (Å²) in [6, 6.07) is 4.69. The van der Waals surface area contributed by atoms with Crippen molar-refractivity contribution in [2.45, 2.75) is 32.7 Å². The zero-order valence-electron chi connectivity index (χ0n) is 11.9. The Morgan fingerprint density at radius 1 is 1.30 bits per heavy atom. The maximum atomic E-state index is 11.9. The highest BCUT2D eigenvalue weighted by Crippen LogP contribution is 2.17. The van der Waals surface area contributed by atoms with Gasteiger partial charge in [-0.05, 0) is 39.0 Å². The number of carbonyl (C=O) groups is 2. The average molecular weight is 298 g/mol. The molecule has 0 aromatic heterocycles. The van der Waals surface area contributed by atoms with Gasteiger partial charge in [-0.3, -0.25) is 9.59 Å². The summed E-state index contributed by atoms with van der Waals surface area (Å²) >= 11 is 5.82. The first-order valence-electron chi connectivity index (χ1n) is 6.33. The quantitative estimate of drug-likeness (QED) is 0.743. The highest BCUT2D eigenvalue weighted by atomic mass is 35.5. The lowest BCUT2D eigenvalue weighted by atomic mass is 10.1. The molecule has 0 radical (unpaired) electrons. The van der Waals surface area contributed by atoms with E-state index in [-0.39, 0.29) is 30.3 Å². The SMILES string of the molecule is CC(C)(C)NC(=O)CCNC(=O)c1cc(Cl)ccc1N. The van der Waals surface area contributed by atoms with Crippen LogP contribution in [0, 0.1) is 0 Å². The molecular weight excluding hydrogens is 278 g/mol. The fourth-order valence-electron chi connectivity index (χ4n) is 1.59. The van der Waals surface area contributed by atoms with Gasteiger partial charge in [0.15, 0.2) is 0 Å². The Morgan fingerprint density at radius 3 is 2.55 bits per heavy atom. The molecule has 0 unspecified atom stereocenters. The van der Waals surface area contributed by atoms with Crippen molar-refractivity contribution in [2.75, 3.05) is 12.3 Å². The second-order valence-corrected chi connectivity index (χ2v) is 5.97. The lowest BCUT2D eigenvalue weighted by molar-refractivity contribution is -0.122. The topological polar surface area (TPSA) is 84.2 Å². The van der Waals surface area contributed by atoms with Crippen LogP contribution in [0.1, 0.15) is 37.6 Å². The summed E-state index contributed by atoms with van der Waals surface area (Å²) in [4.78, 5) is 23.5. The Kier molecular flexibility index (Phi) is 5.39. The molecule has 0 saturated heterocycles. The second kappa shape index (κ2) is 6.61. The first-order chi connectivity index (χ1) is 9.19. The smallest absolute Gasteiger partial charge is 0.253 e. The molecule has 0 fully saturated rings. The maximum Gasteiger partial charge on any atom is 0.253 e. The normalized spacial score (nSPS) is 11.0. The van der Waals surface area contributed by atoms with Gasteiger partial charge in [-0.25, -0.2) is 0 Å². The molecule has 0 aliphatic carbocycles. The van der Waals surface area contributed by atoms with Gasteiger partial charge in [-0.15, -0.1) is 0 Å². The summed E-state index contributed by atoms with van der Waals surface area (Å²) in [5.74, 6) is -0.453. The highest BCUT2D eigenvalue weighted by molar-refractivity contribution is 6.31. The summed E-state index contributed by atoms with van der Waals surface area (Å²) in [6.07, 6.45) is 0.212. The van der Waals surface area contributed by atoms with Crippen molar-refractivity contribution >= 4 is 29.1 Å². The number of hydrogen-bond acceptors (Lipinski definition) is 3. The van der Waals surface area contributed by atoms with Crippen LogP contribution in [0.25, 0.3) is 0 Å². The van der Waals surface area contributed by atoms with Crippen molar-refractivity contribution in [1.82, 2.24) is 10.6 Å². The Bertz CT molecular complexity index is 510. The summed E-state index contributed by atoms with van der Waals surface area (Å²) in [5.41, 5.74) is 6.09. The van der Waals surface area contributed by atoms with E-state index in [4.69, 9.17) is 17.3 Å². The third-order valence-corrected chi connectivity index (χ3v) is 2.65. The van der Waals surface area contributed by atoms with E-state index in [1.807, 2.05) is 20.8 Å². The molecule has 0 bridgehead atoms. The Hall–Kier alpha value is -1.75. The molecule has 0 aliphatic rings. The molecular formula is C14H20ClN3O2. The number of hydrogen-bond donors (Lipinski definition) is 3. The lowest BCUT2D eigenvalue weighted by Crippen LogP contribution is -2.42. The monoisotopic (exact) mass is 297 g/mol. The van der Waals surface area contributed by atoms with E-state index in [1.54, 1.807) is 12.1 Å². The van der Waals surface area contributed by atoms with Gasteiger partial charge in [0.25, 0.3) is 5.91 Å². The van der Waals surface area contributed by atoms with Crippen LogP contribution in [0.2, 0.25) is 5.02 Å². The van der Waals surface area contributed by atoms with E-state index >= 15 is 0 Å². The minimum atomic E-state index is -0.339. The van der Waals surface area contributed by atoms with Gasteiger partial charge in [0.05, 0.1) is 5.56 Å². The summed E-state index contributed by atoms with van der Waals surface area (Å²) < 4.78 is 0. The van der Waals surface area contributed by atoms with E-state index in [0.717, 1.165) is 0 Å². The lowest BCUT2D eigenvalue weighted by Gasteiger charge is -2.20. The van der Waals surface area contributed by atoms with Crippen LogP contribution in [0.5, 0.6) is 0 Å². The van der Waals surface area contributed by atoms with Gasteiger partial charge in [0, 0.05) is 29.2 Å². The van der Waals surface area contributed by atoms with Gasteiger partial charge in [0.1, 0.15) is 0 Å².